The van der Waals surface area contributed by atoms with Gasteiger partial charge in [-0.05, 0) is 105 Å². The van der Waals surface area contributed by atoms with Crippen molar-refractivity contribution in [1.29, 1.82) is 0 Å². The molecule has 2 spiro atoms. The molecule has 4 amide bonds. The van der Waals surface area contributed by atoms with Gasteiger partial charge in [0.1, 0.15) is 17.3 Å². The predicted molar refractivity (Wildman–Crippen MR) is 256 cm³/mol. The van der Waals surface area contributed by atoms with E-state index in [1.54, 1.807) is 35.9 Å². The Bertz CT molecular complexity index is 2650. The lowest BCUT2D eigenvalue weighted by molar-refractivity contribution is -0.136. The van der Waals surface area contributed by atoms with Gasteiger partial charge in [-0.2, -0.15) is 0 Å². The highest BCUT2D eigenvalue weighted by Crippen LogP contribution is 2.62. The number of imide groups is 1. The van der Waals surface area contributed by atoms with Gasteiger partial charge in [0.25, 0.3) is 0 Å². The summed E-state index contributed by atoms with van der Waals surface area (Å²) in [4.78, 5) is 74.4. The third-order valence-corrected chi connectivity index (χ3v) is 16.6. The molecule has 14 nitrogen and oxygen atoms in total. The van der Waals surface area contributed by atoms with Gasteiger partial charge in [-0.15, -0.1) is 0 Å². The zero-order valence-corrected chi connectivity index (χ0v) is 39.6. The predicted octanol–water partition coefficient (Wildman–Crippen LogP) is 5.24. The Balaban J connectivity index is 0.715. The van der Waals surface area contributed by atoms with Crippen LogP contribution in [-0.4, -0.2) is 124 Å². The van der Waals surface area contributed by atoms with Gasteiger partial charge >= 0.3 is 5.69 Å². The molecule has 4 atom stereocenters. The fourth-order valence-corrected chi connectivity index (χ4v) is 13.0. The number of nitrogens with one attached hydrogen (secondary N) is 4. The lowest BCUT2D eigenvalue weighted by Gasteiger charge is -2.47. The highest BCUT2D eigenvalue weighted by Gasteiger charge is 2.72. The number of carbonyl (C=O) groups excluding carboxylic acids is 4. The summed E-state index contributed by atoms with van der Waals surface area (Å²) in [6, 6.07) is 14.7. The molecule has 17 heteroatoms. The van der Waals surface area contributed by atoms with Crippen LogP contribution in [0.1, 0.15) is 92.9 Å². The van der Waals surface area contributed by atoms with Crippen molar-refractivity contribution in [3.63, 3.8) is 0 Å². The monoisotopic (exact) mass is 955 g/mol. The molecule has 10 rings (SSSR count). The van der Waals surface area contributed by atoms with Gasteiger partial charge in [0, 0.05) is 87.5 Å². The van der Waals surface area contributed by atoms with E-state index >= 15 is 4.39 Å². The number of fused-ring (bicyclic) bond motifs is 4. The summed E-state index contributed by atoms with van der Waals surface area (Å²) in [7, 11) is 1.73. The molecule has 356 valence electrons. The molecule has 4 N–H and O–H groups in total. The van der Waals surface area contributed by atoms with Crippen molar-refractivity contribution in [1.82, 2.24) is 39.8 Å². The molecule has 1 saturated carbocycles. The van der Waals surface area contributed by atoms with E-state index in [4.69, 9.17) is 23.2 Å². The van der Waals surface area contributed by atoms with Gasteiger partial charge in [0.15, 0.2) is 0 Å². The van der Waals surface area contributed by atoms with Crippen molar-refractivity contribution in [2.75, 3.05) is 64.2 Å². The largest absolute Gasteiger partial charge is 0.352 e. The van der Waals surface area contributed by atoms with E-state index in [1.807, 2.05) is 24.3 Å². The number of imidazole rings is 1. The molecule has 1 aliphatic carbocycles. The van der Waals surface area contributed by atoms with Crippen LogP contribution in [0.4, 0.5) is 10.1 Å². The van der Waals surface area contributed by atoms with Crippen LogP contribution in [0.15, 0.2) is 59.4 Å². The smallest absolute Gasteiger partial charge is 0.329 e. The Labute approximate surface area is 399 Å². The lowest BCUT2D eigenvalue weighted by Crippen LogP contribution is -2.60. The van der Waals surface area contributed by atoms with Crippen LogP contribution in [0.25, 0.3) is 11.0 Å². The molecular weight excluding hydrogens is 897 g/mol. The quantitative estimate of drug-likeness (QED) is 0.148. The van der Waals surface area contributed by atoms with Gasteiger partial charge in [0.2, 0.25) is 23.6 Å². The van der Waals surface area contributed by atoms with E-state index in [2.05, 4.69) is 36.0 Å². The lowest BCUT2D eigenvalue weighted by atomic mass is 9.55. The van der Waals surface area contributed by atoms with E-state index in [1.165, 1.54) is 10.6 Å². The number of aromatic nitrogens is 2. The molecular formula is C50H60Cl2FN9O5. The van der Waals surface area contributed by atoms with E-state index in [-0.39, 0.29) is 46.5 Å². The minimum absolute atomic E-state index is 0.0401. The number of hydrogen-bond donors (Lipinski definition) is 4. The summed E-state index contributed by atoms with van der Waals surface area (Å²) in [5, 5.41) is 13.0. The fraction of sp³-hybridized carbons (Fsp3) is 0.540. The van der Waals surface area contributed by atoms with E-state index in [0.29, 0.717) is 35.5 Å². The first kappa shape index (κ1) is 46.1. The number of benzene rings is 3. The molecule has 0 bridgehead atoms. The Morgan fingerprint density at radius 2 is 1.54 bits per heavy atom. The number of likely N-dealkylation sites (tertiary alicyclic amines) is 1. The first-order chi connectivity index (χ1) is 32.4. The van der Waals surface area contributed by atoms with Crippen LogP contribution in [0, 0.1) is 5.82 Å². The number of nitrogens with zero attached hydrogens (tertiary/aromatic N) is 5. The number of halogens is 3. The summed E-state index contributed by atoms with van der Waals surface area (Å²) in [6.45, 7) is 8.68. The van der Waals surface area contributed by atoms with Crippen molar-refractivity contribution in [3.8, 4) is 0 Å². The number of anilines is 1. The first-order valence-electron chi connectivity index (χ1n) is 24.2. The summed E-state index contributed by atoms with van der Waals surface area (Å²) in [5.74, 6) is -2.64. The van der Waals surface area contributed by atoms with Crippen molar-refractivity contribution in [2.24, 2.45) is 7.05 Å². The maximum Gasteiger partial charge on any atom is 0.329 e. The number of piperazine rings is 1. The van der Waals surface area contributed by atoms with Gasteiger partial charge in [-0.1, -0.05) is 66.7 Å². The minimum Gasteiger partial charge on any atom is -0.352 e. The van der Waals surface area contributed by atoms with E-state index < -0.39 is 40.7 Å². The number of amides is 4. The van der Waals surface area contributed by atoms with Crippen LogP contribution >= 0.6 is 23.2 Å². The number of carbonyl (C=O) groups is 4. The highest BCUT2D eigenvalue weighted by atomic mass is 35.5. The second-order valence-corrected chi connectivity index (χ2v) is 20.6. The van der Waals surface area contributed by atoms with Gasteiger partial charge in [0.05, 0.1) is 22.1 Å². The molecule has 1 aromatic heterocycles. The molecule has 1 unspecified atom stereocenters. The number of aryl methyl sites for hydroxylation is 1. The molecule has 6 aliphatic rings. The van der Waals surface area contributed by atoms with Crippen LogP contribution < -0.4 is 27.0 Å². The Morgan fingerprint density at radius 1 is 0.821 bits per heavy atom. The summed E-state index contributed by atoms with van der Waals surface area (Å²) in [6.07, 6.45) is 8.20. The fourth-order valence-electron chi connectivity index (χ4n) is 12.6. The number of rotatable bonds is 11. The average Bonchev–Trinajstić information content (AvgIpc) is 3.87. The molecule has 5 aliphatic heterocycles. The van der Waals surface area contributed by atoms with Crippen molar-refractivity contribution >= 4 is 63.6 Å². The topological polar surface area (TPSA) is 153 Å². The van der Waals surface area contributed by atoms with Crippen LogP contribution in [0.3, 0.4) is 0 Å². The third-order valence-electron chi connectivity index (χ3n) is 16.0. The van der Waals surface area contributed by atoms with Gasteiger partial charge < -0.3 is 25.3 Å². The average molecular weight is 957 g/mol. The molecule has 4 saturated heterocycles. The Kier molecular flexibility index (Phi) is 12.9. The number of piperidine rings is 2. The number of hydrogen-bond acceptors (Lipinski definition) is 9. The van der Waals surface area contributed by atoms with E-state index in [0.717, 1.165) is 120 Å². The highest BCUT2D eigenvalue weighted by molar-refractivity contribution is 6.31. The zero-order chi connectivity index (χ0) is 46.6. The summed E-state index contributed by atoms with van der Waals surface area (Å²) in [5.41, 5.74) is 1.95. The maximum absolute atomic E-state index is 16.3. The van der Waals surface area contributed by atoms with Gasteiger partial charge in [-0.25, -0.2) is 9.18 Å². The Hall–Kier alpha value is -4.64. The van der Waals surface area contributed by atoms with Crippen LogP contribution in [0.5, 0.6) is 0 Å². The summed E-state index contributed by atoms with van der Waals surface area (Å²) >= 11 is 12.9. The second-order valence-electron chi connectivity index (χ2n) is 19.8. The first-order valence-corrected chi connectivity index (χ1v) is 25.0. The maximum atomic E-state index is 16.3. The SMILES string of the molecule is Cn1c(=O)n(C2CCC(=O)NC2=O)c2ccc(CCN3CCN(CCCN4CCC(NC(=O)[C@@H]5NC6(CCCCC6)[C@@]6(C(=O)Nc7cc(Cl)ccc76)[C@H]5c5cccc(Cl)c5F)CC4)CC3)cc21. The Morgan fingerprint density at radius 3 is 2.27 bits per heavy atom. The molecule has 5 fully saturated rings. The molecule has 3 aromatic carbocycles. The van der Waals surface area contributed by atoms with Crippen molar-refractivity contribution < 1.29 is 23.6 Å². The minimum atomic E-state index is -1.26. The normalized spacial score (nSPS) is 26.1. The third kappa shape index (κ3) is 8.30. The second kappa shape index (κ2) is 18.7. The van der Waals surface area contributed by atoms with Crippen LogP contribution in [-0.2, 0) is 38.1 Å². The molecule has 0 radical (unpaired) electrons. The summed E-state index contributed by atoms with van der Waals surface area (Å²) < 4.78 is 19.4. The van der Waals surface area contributed by atoms with Gasteiger partial charge in [-0.3, -0.25) is 38.9 Å². The molecule has 4 aromatic rings. The molecule has 67 heavy (non-hydrogen) atoms. The standard InChI is InChI=1S/C50H60Cl2FN9O5/c1-58-40-29-31(9-12-38(40)62(48(58)67)39-13-14-41(63)56-45(39)64)15-22-61-27-25-60(26-28-61)21-6-20-59-23-16-33(17-24-59)54-46(65)44-42(34-7-5-8-36(52)43(34)53)50(49(57-44)18-3-2-4-19-49)35-11-10-32(51)30-37(35)55-47(50)66/h5,7-12,29-30,33,39,42,44,57H,2-4,6,13-28H2,1H3,(H,54,65)(H,55,66)(H,56,63,64)/t39?,42-,44+,50+/m0/s1. The van der Waals surface area contributed by atoms with Crippen LogP contribution in [0.2, 0.25) is 10.0 Å². The van der Waals surface area contributed by atoms with Crippen molar-refractivity contribution in [2.45, 2.75) is 106 Å². The zero-order valence-electron chi connectivity index (χ0n) is 38.1. The molecule has 6 heterocycles. The van der Waals surface area contributed by atoms with E-state index in [9.17, 15) is 24.0 Å². The van der Waals surface area contributed by atoms with Crippen molar-refractivity contribution in [3.05, 3.63) is 97.6 Å².